The summed E-state index contributed by atoms with van der Waals surface area (Å²) in [6.07, 6.45) is -5.72. The first-order valence-electron chi connectivity index (χ1n) is 9.05. The van der Waals surface area contributed by atoms with Crippen LogP contribution in [-0.2, 0) is 18.3 Å². The molecule has 0 aromatic heterocycles. The lowest BCUT2D eigenvalue weighted by Gasteiger charge is -2.39. The van der Waals surface area contributed by atoms with E-state index in [1.807, 2.05) is 13.8 Å². The van der Waals surface area contributed by atoms with Crippen molar-refractivity contribution in [2.45, 2.75) is 76.8 Å². The molecule has 1 heterocycles. The quantitative estimate of drug-likeness (QED) is 0.401. The number of phosphoric acid groups is 1. The maximum Gasteiger partial charge on any atom is 0.472 e. The first kappa shape index (κ1) is 22.2. The van der Waals surface area contributed by atoms with Gasteiger partial charge in [-0.25, -0.2) is 4.57 Å². The smallest absolute Gasteiger partial charge is 0.387 e. The predicted molar refractivity (Wildman–Crippen MR) is 90.9 cm³/mol. The third-order valence-electron chi connectivity index (χ3n) is 5.32. The largest absolute Gasteiger partial charge is 0.472 e. The second-order valence-electron chi connectivity index (χ2n) is 7.77. The number of hydrogen-bond acceptors (Lipinski definition) is 8. The van der Waals surface area contributed by atoms with E-state index in [9.17, 15) is 29.9 Å². The first-order chi connectivity index (χ1) is 12.0. The Balaban J connectivity index is 1.94. The Hall–Kier alpha value is -0.0900. The molecule has 1 saturated carbocycles. The molecule has 9 nitrogen and oxygen atoms in total. The molecular formula is C16H31O9P. The molecule has 5 unspecified atom stereocenters. The van der Waals surface area contributed by atoms with Gasteiger partial charge in [-0.3, -0.25) is 9.05 Å². The Kier molecular flexibility index (Phi) is 7.63. The van der Waals surface area contributed by atoms with Crippen LogP contribution in [0.25, 0.3) is 0 Å². The van der Waals surface area contributed by atoms with Crippen LogP contribution in [0, 0.1) is 17.8 Å². The fourth-order valence-corrected chi connectivity index (χ4v) is 4.65. The van der Waals surface area contributed by atoms with Crippen molar-refractivity contribution in [2.24, 2.45) is 17.8 Å². The molecule has 10 heteroatoms. The molecule has 0 bridgehead atoms. The van der Waals surface area contributed by atoms with Crippen LogP contribution in [0.5, 0.6) is 0 Å². The summed E-state index contributed by atoms with van der Waals surface area (Å²) < 4.78 is 27.6. The van der Waals surface area contributed by atoms with E-state index in [2.05, 4.69) is 6.92 Å². The average molecular weight is 398 g/mol. The zero-order chi connectivity index (χ0) is 19.6. The van der Waals surface area contributed by atoms with Gasteiger partial charge in [0.2, 0.25) is 0 Å². The lowest BCUT2D eigenvalue weighted by atomic mass is 9.75. The number of hydrogen-bond donors (Lipinski definition) is 5. The minimum Gasteiger partial charge on any atom is -0.387 e. The van der Waals surface area contributed by atoms with Gasteiger partial charge in [0, 0.05) is 0 Å². The summed E-state index contributed by atoms with van der Waals surface area (Å²) in [6.45, 7) is 5.57. The highest BCUT2D eigenvalue weighted by molar-refractivity contribution is 7.47. The molecule has 0 amide bonds. The lowest BCUT2D eigenvalue weighted by molar-refractivity contribution is -0.285. The van der Waals surface area contributed by atoms with Gasteiger partial charge in [-0.1, -0.05) is 27.2 Å². The van der Waals surface area contributed by atoms with Crippen molar-refractivity contribution in [1.29, 1.82) is 0 Å². The number of phosphoric ester groups is 1. The fourth-order valence-electron chi connectivity index (χ4n) is 3.67. The molecule has 5 N–H and O–H groups in total. The van der Waals surface area contributed by atoms with Gasteiger partial charge in [0.15, 0.2) is 6.29 Å². The Bertz CT molecular complexity index is 502. The topological polar surface area (TPSA) is 146 Å². The molecule has 2 rings (SSSR count). The van der Waals surface area contributed by atoms with E-state index in [0.29, 0.717) is 18.3 Å². The molecular weight excluding hydrogens is 367 g/mol. The van der Waals surface area contributed by atoms with E-state index in [-0.39, 0.29) is 5.92 Å². The van der Waals surface area contributed by atoms with Crippen molar-refractivity contribution in [3.63, 3.8) is 0 Å². The van der Waals surface area contributed by atoms with Gasteiger partial charge < -0.3 is 30.1 Å². The SMILES string of the molecule is CC1CCC(C(C)C)C(OP(=O)(O)OC[C@H]2OC(O)[C@@H](O)[C@@H](O)[C@@H]2O)C1. The molecule has 0 radical (unpaired) electrons. The zero-order valence-electron chi connectivity index (χ0n) is 15.3. The van der Waals surface area contributed by atoms with Gasteiger partial charge in [0.05, 0.1) is 12.7 Å². The molecule has 0 aromatic rings. The normalized spacial score (nSPS) is 44.0. The first-order valence-corrected chi connectivity index (χ1v) is 10.5. The maximum absolute atomic E-state index is 12.3. The van der Waals surface area contributed by atoms with Crippen LogP contribution in [0.3, 0.4) is 0 Å². The minimum atomic E-state index is -4.43. The van der Waals surface area contributed by atoms with E-state index in [0.717, 1.165) is 12.8 Å². The summed E-state index contributed by atoms with van der Waals surface area (Å²) >= 11 is 0. The molecule has 1 aliphatic carbocycles. The molecule has 9 atom stereocenters. The summed E-state index contributed by atoms with van der Waals surface area (Å²) in [4.78, 5) is 10.1. The number of aliphatic hydroxyl groups excluding tert-OH is 4. The monoisotopic (exact) mass is 398 g/mol. The summed E-state index contributed by atoms with van der Waals surface area (Å²) in [7, 11) is -4.43. The Morgan fingerprint density at radius 1 is 1.12 bits per heavy atom. The van der Waals surface area contributed by atoms with Crippen LogP contribution < -0.4 is 0 Å². The fraction of sp³-hybridized carbons (Fsp3) is 1.00. The molecule has 1 saturated heterocycles. The van der Waals surface area contributed by atoms with Crippen molar-refractivity contribution in [1.82, 2.24) is 0 Å². The van der Waals surface area contributed by atoms with E-state index in [4.69, 9.17) is 13.8 Å². The van der Waals surface area contributed by atoms with E-state index >= 15 is 0 Å². The van der Waals surface area contributed by atoms with Crippen LogP contribution in [-0.4, -0.2) is 68.7 Å². The van der Waals surface area contributed by atoms with Crippen LogP contribution >= 0.6 is 7.82 Å². The summed E-state index contributed by atoms with van der Waals surface area (Å²) in [5.74, 6) is 0.818. The zero-order valence-corrected chi connectivity index (χ0v) is 16.2. The van der Waals surface area contributed by atoms with Gasteiger partial charge >= 0.3 is 7.82 Å². The van der Waals surface area contributed by atoms with Crippen molar-refractivity contribution in [3.8, 4) is 0 Å². The Morgan fingerprint density at radius 2 is 1.77 bits per heavy atom. The van der Waals surface area contributed by atoms with E-state index in [1.54, 1.807) is 0 Å². The summed E-state index contributed by atoms with van der Waals surface area (Å²) in [5, 5.41) is 38.4. The highest BCUT2D eigenvalue weighted by Crippen LogP contribution is 2.49. The molecule has 2 fully saturated rings. The third-order valence-corrected chi connectivity index (χ3v) is 6.33. The highest BCUT2D eigenvalue weighted by Gasteiger charge is 2.44. The molecule has 1 aliphatic heterocycles. The van der Waals surface area contributed by atoms with Crippen molar-refractivity contribution in [2.75, 3.05) is 6.61 Å². The van der Waals surface area contributed by atoms with Gasteiger partial charge in [0.25, 0.3) is 0 Å². The Morgan fingerprint density at radius 3 is 2.38 bits per heavy atom. The lowest BCUT2D eigenvalue weighted by Crippen LogP contribution is -2.58. The maximum atomic E-state index is 12.3. The number of aliphatic hydroxyl groups is 4. The van der Waals surface area contributed by atoms with Crippen LogP contribution in [0.4, 0.5) is 0 Å². The second kappa shape index (κ2) is 8.94. The third kappa shape index (κ3) is 5.47. The molecule has 0 aromatic carbocycles. The highest BCUT2D eigenvalue weighted by atomic mass is 31.2. The number of ether oxygens (including phenoxy) is 1. The predicted octanol–water partition coefficient (Wildman–Crippen LogP) is 0.381. The molecule has 0 spiro atoms. The van der Waals surface area contributed by atoms with Crippen LogP contribution in [0.2, 0.25) is 0 Å². The van der Waals surface area contributed by atoms with E-state index < -0.39 is 51.2 Å². The van der Waals surface area contributed by atoms with Crippen LogP contribution in [0.15, 0.2) is 0 Å². The van der Waals surface area contributed by atoms with Gasteiger partial charge in [-0.05, 0) is 30.6 Å². The van der Waals surface area contributed by atoms with Gasteiger partial charge in [-0.15, -0.1) is 0 Å². The van der Waals surface area contributed by atoms with Crippen molar-refractivity contribution in [3.05, 3.63) is 0 Å². The molecule has 2 aliphatic rings. The number of rotatable bonds is 6. The average Bonchev–Trinajstić information content (AvgIpc) is 2.54. The molecule has 154 valence electrons. The van der Waals surface area contributed by atoms with Gasteiger partial charge in [0.1, 0.15) is 24.4 Å². The Labute approximate surface area is 153 Å². The minimum absolute atomic E-state index is 0.144. The van der Waals surface area contributed by atoms with E-state index in [1.165, 1.54) is 0 Å². The van der Waals surface area contributed by atoms with Crippen molar-refractivity contribution >= 4 is 7.82 Å². The summed E-state index contributed by atoms with van der Waals surface area (Å²) in [5.41, 5.74) is 0. The summed E-state index contributed by atoms with van der Waals surface area (Å²) in [6, 6.07) is 0. The molecule has 26 heavy (non-hydrogen) atoms. The van der Waals surface area contributed by atoms with Gasteiger partial charge in [-0.2, -0.15) is 0 Å². The van der Waals surface area contributed by atoms with Crippen LogP contribution in [0.1, 0.15) is 40.0 Å². The standard InChI is InChI=1S/C16H31O9P/c1-8(2)10-5-4-9(3)6-11(10)25-26(21,22)23-7-12-13(17)14(18)15(19)16(20)24-12/h8-20H,4-7H2,1-3H3,(H,21,22)/t9?,10?,11?,12-,13-,14+,15+,16?/m1/s1. The second-order valence-corrected chi connectivity index (χ2v) is 9.18. The van der Waals surface area contributed by atoms with Crippen molar-refractivity contribution < 1.29 is 43.7 Å².